The van der Waals surface area contributed by atoms with Crippen molar-refractivity contribution >= 4 is 5.96 Å². The number of hydrogen-bond donors (Lipinski definition) is 2. The van der Waals surface area contributed by atoms with Gasteiger partial charge in [0.25, 0.3) is 0 Å². The van der Waals surface area contributed by atoms with Gasteiger partial charge in [0.05, 0.1) is 33.4 Å². The molecule has 0 aliphatic heterocycles. The van der Waals surface area contributed by atoms with Crippen molar-refractivity contribution in [1.82, 2.24) is 10.6 Å². The molecule has 1 aliphatic carbocycles. The number of rotatable bonds is 10. The molecule has 1 aliphatic rings. The fourth-order valence-electron chi connectivity index (χ4n) is 3.87. The highest BCUT2D eigenvalue weighted by Crippen LogP contribution is 2.40. The van der Waals surface area contributed by atoms with E-state index in [0.29, 0.717) is 29.2 Å². The van der Waals surface area contributed by atoms with Gasteiger partial charge < -0.3 is 29.6 Å². The van der Waals surface area contributed by atoms with Gasteiger partial charge in [-0.15, -0.1) is 0 Å². The van der Waals surface area contributed by atoms with Crippen LogP contribution >= 0.6 is 0 Å². The van der Waals surface area contributed by atoms with E-state index < -0.39 is 0 Å². The molecule has 7 nitrogen and oxygen atoms in total. The summed E-state index contributed by atoms with van der Waals surface area (Å²) in [6.07, 6.45) is 6.13. The molecule has 0 saturated heterocycles. The Hall–Kier alpha value is -2.15. The van der Waals surface area contributed by atoms with E-state index in [9.17, 15) is 0 Å². The van der Waals surface area contributed by atoms with Crippen LogP contribution in [0.15, 0.2) is 17.1 Å². The molecule has 0 spiro atoms. The van der Waals surface area contributed by atoms with Crippen LogP contribution < -0.4 is 24.8 Å². The van der Waals surface area contributed by atoms with Gasteiger partial charge in [0.2, 0.25) is 0 Å². The third kappa shape index (κ3) is 5.67. The Bertz CT molecular complexity index is 618. The lowest BCUT2D eigenvalue weighted by Gasteiger charge is -2.30. The number of benzene rings is 1. The van der Waals surface area contributed by atoms with Crippen LogP contribution in [-0.2, 0) is 11.3 Å². The molecule has 1 fully saturated rings. The van der Waals surface area contributed by atoms with Gasteiger partial charge in [-0.25, -0.2) is 0 Å². The minimum absolute atomic E-state index is 0.295. The number of nitrogens with one attached hydrogen (secondary N) is 2. The summed E-state index contributed by atoms with van der Waals surface area (Å²) in [6, 6.07) is 3.71. The highest BCUT2D eigenvalue weighted by Gasteiger charge is 2.33. The Balaban J connectivity index is 2.02. The van der Waals surface area contributed by atoms with E-state index in [0.717, 1.165) is 31.1 Å². The van der Waals surface area contributed by atoms with Gasteiger partial charge in [-0.05, 0) is 24.7 Å². The van der Waals surface area contributed by atoms with Crippen molar-refractivity contribution in [3.05, 3.63) is 17.7 Å². The minimum Gasteiger partial charge on any atom is -0.496 e. The van der Waals surface area contributed by atoms with Crippen molar-refractivity contribution in [2.45, 2.75) is 38.6 Å². The molecule has 2 rings (SSSR count). The summed E-state index contributed by atoms with van der Waals surface area (Å²) >= 11 is 0. The van der Waals surface area contributed by atoms with Gasteiger partial charge in [0.1, 0.15) is 17.2 Å². The first-order valence-electron chi connectivity index (χ1n) is 9.83. The average Bonchev–Trinajstić information content (AvgIpc) is 3.20. The molecule has 0 radical (unpaired) electrons. The molecule has 1 aromatic rings. The lowest BCUT2D eigenvalue weighted by atomic mass is 9.83. The van der Waals surface area contributed by atoms with Gasteiger partial charge in [-0.2, -0.15) is 0 Å². The predicted molar refractivity (Wildman–Crippen MR) is 112 cm³/mol. The van der Waals surface area contributed by atoms with Crippen molar-refractivity contribution in [2.75, 3.05) is 48.6 Å². The maximum Gasteiger partial charge on any atom is 0.191 e. The lowest BCUT2D eigenvalue weighted by molar-refractivity contribution is 0.138. The lowest BCUT2D eigenvalue weighted by Crippen LogP contribution is -2.43. The summed E-state index contributed by atoms with van der Waals surface area (Å²) in [5.74, 6) is 2.89. The van der Waals surface area contributed by atoms with E-state index in [1.54, 1.807) is 35.5 Å². The summed E-state index contributed by atoms with van der Waals surface area (Å²) in [5.41, 5.74) is 1.21. The van der Waals surface area contributed by atoms with E-state index in [2.05, 4.69) is 15.6 Å². The second-order valence-electron chi connectivity index (χ2n) is 7.24. The molecule has 28 heavy (non-hydrogen) atoms. The standard InChI is InChI=1S/C21H35N3O4/c1-22-20(24-15-21(10-11-25-2)8-6-7-9-21)23-14-17-18(27-4)12-16(26-3)13-19(17)28-5/h12-13H,6-11,14-15H2,1-5H3,(H2,22,23,24). The quantitative estimate of drug-likeness (QED) is 0.470. The first-order chi connectivity index (χ1) is 13.6. The molecule has 7 heteroatoms. The molecule has 0 unspecified atom stereocenters. The fourth-order valence-corrected chi connectivity index (χ4v) is 3.87. The summed E-state index contributed by atoms with van der Waals surface area (Å²) in [6.45, 7) is 2.22. The second-order valence-corrected chi connectivity index (χ2v) is 7.24. The maximum absolute atomic E-state index is 5.52. The zero-order valence-electron chi connectivity index (χ0n) is 17.9. The molecular formula is C21H35N3O4. The predicted octanol–water partition coefficient (Wildman–Crippen LogP) is 2.97. The van der Waals surface area contributed by atoms with Crippen LogP contribution in [0.4, 0.5) is 0 Å². The summed E-state index contributed by atoms with van der Waals surface area (Å²) in [5, 5.41) is 6.88. The van der Waals surface area contributed by atoms with E-state index in [4.69, 9.17) is 18.9 Å². The number of aliphatic imine (C=N–C) groups is 1. The van der Waals surface area contributed by atoms with E-state index in [1.165, 1.54) is 25.7 Å². The third-order valence-corrected chi connectivity index (χ3v) is 5.60. The van der Waals surface area contributed by atoms with Gasteiger partial charge >= 0.3 is 0 Å². The number of nitrogens with zero attached hydrogens (tertiary/aromatic N) is 1. The zero-order valence-corrected chi connectivity index (χ0v) is 17.9. The van der Waals surface area contributed by atoms with E-state index in [1.807, 2.05) is 12.1 Å². The van der Waals surface area contributed by atoms with Crippen LogP contribution in [0.3, 0.4) is 0 Å². The van der Waals surface area contributed by atoms with Gasteiger partial charge in [0.15, 0.2) is 5.96 Å². The number of guanidine groups is 1. The van der Waals surface area contributed by atoms with Crippen molar-refractivity contribution in [1.29, 1.82) is 0 Å². The van der Waals surface area contributed by atoms with Gasteiger partial charge in [-0.3, -0.25) is 4.99 Å². The molecule has 1 saturated carbocycles. The monoisotopic (exact) mass is 393 g/mol. The highest BCUT2D eigenvalue weighted by molar-refractivity contribution is 5.79. The normalized spacial score (nSPS) is 16.0. The van der Waals surface area contributed by atoms with Gasteiger partial charge in [-0.1, -0.05) is 12.8 Å². The molecule has 0 atom stereocenters. The second kappa shape index (κ2) is 11.0. The Kier molecular flexibility index (Phi) is 8.70. The van der Waals surface area contributed by atoms with Crippen LogP contribution in [-0.4, -0.2) is 54.6 Å². The summed E-state index contributed by atoms with van der Waals surface area (Å²) in [7, 11) is 8.47. The number of hydrogen-bond acceptors (Lipinski definition) is 5. The highest BCUT2D eigenvalue weighted by atomic mass is 16.5. The molecule has 0 bridgehead atoms. The van der Waals surface area contributed by atoms with Crippen LogP contribution in [0.25, 0.3) is 0 Å². The van der Waals surface area contributed by atoms with Gasteiger partial charge in [0, 0.05) is 39.4 Å². The molecule has 158 valence electrons. The van der Waals surface area contributed by atoms with Crippen molar-refractivity contribution in [3.8, 4) is 17.2 Å². The molecule has 1 aromatic carbocycles. The number of methoxy groups -OCH3 is 4. The average molecular weight is 394 g/mol. The van der Waals surface area contributed by atoms with Crippen molar-refractivity contribution in [2.24, 2.45) is 10.4 Å². The Labute approximate surface area is 168 Å². The summed E-state index contributed by atoms with van der Waals surface area (Å²) in [4.78, 5) is 4.38. The number of ether oxygens (including phenoxy) is 4. The molecule has 0 aromatic heterocycles. The largest absolute Gasteiger partial charge is 0.496 e. The Morgan fingerprint density at radius 2 is 1.64 bits per heavy atom. The molecule has 0 heterocycles. The van der Waals surface area contributed by atoms with E-state index >= 15 is 0 Å². The topological polar surface area (TPSA) is 73.3 Å². The van der Waals surface area contributed by atoms with Crippen molar-refractivity contribution < 1.29 is 18.9 Å². The smallest absolute Gasteiger partial charge is 0.191 e. The van der Waals surface area contributed by atoms with Crippen LogP contribution in [0, 0.1) is 5.41 Å². The van der Waals surface area contributed by atoms with Crippen LogP contribution in [0.2, 0.25) is 0 Å². The van der Waals surface area contributed by atoms with Crippen molar-refractivity contribution in [3.63, 3.8) is 0 Å². The zero-order chi connectivity index (χ0) is 20.4. The maximum atomic E-state index is 5.52. The third-order valence-electron chi connectivity index (χ3n) is 5.60. The molecule has 2 N–H and O–H groups in total. The fraction of sp³-hybridized carbons (Fsp3) is 0.667. The minimum atomic E-state index is 0.295. The van der Waals surface area contributed by atoms with Crippen LogP contribution in [0.5, 0.6) is 17.2 Å². The Morgan fingerprint density at radius 3 is 2.14 bits per heavy atom. The first kappa shape index (κ1) is 22.1. The SMILES string of the molecule is CN=C(NCc1c(OC)cc(OC)cc1OC)NCC1(CCOC)CCCC1. The van der Waals surface area contributed by atoms with E-state index in [-0.39, 0.29) is 0 Å². The molecular weight excluding hydrogens is 358 g/mol. The Morgan fingerprint density at radius 1 is 1.00 bits per heavy atom. The molecule has 0 amide bonds. The summed E-state index contributed by atoms with van der Waals surface area (Å²) < 4.78 is 21.7. The first-order valence-corrected chi connectivity index (χ1v) is 9.83. The van der Waals surface area contributed by atoms with Crippen LogP contribution in [0.1, 0.15) is 37.7 Å².